The highest BCUT2D eigenvalue weighted by atomic mass is 16.2. The number of amidine groups is 1. The molecule has 0 radical (unpaired) electrons. The van der Waals surface area contributed by atoms with Crippen molar-refractivity contribution in [2.75, 3.05) is 10.6 Å². The first-order valence-electron chi connectivity index (χ1n) is 9.28. The molecule has 0 saturated carbocycles. The highest BCUT2D eigenvalue weighted by Crippen LogP contribution is 2.21. The van der Waals surface area contributed by atoms with Gasteiger partial charge in [-0.3, -0.25) is 4.79 Å². The molecule has 0 spiro atoms. The van der Waals surface area contributed by atoms with Crippen LogP contribution >= 0.6 is 0 Å². The summed E-state index contributed by atoms with van der Waals surface area (Å²) < 4.78 is 0. The molecule has 1 amide bonds. The lowest BCUT2D eigenvalue weighted by Crippen LogP contribution is -2.29. The summed E-state index contributed by atoms with van der Waals surface area (Å²) in [7, 11) is 0. The molecule has 0 aromatic heterocycles. The molecule has 28 heavy (non-hydrogen) atoms. The summed E-state index contributed by atoms with van der Waals surface area (Å²) in [4.78, 5) is 17.6. The molecular formula is C24H25N3O. The van der Waals surface area contributed by atoms with Gasteiger partial charge < -0.3 is 10.6 Å². The molecule has 0 atom stereocenters. The van der Waals surface area contributed by atoms with E-state index in [1.165, 1.54) is 0 Å². The van der Waals surface area contributed by atoms with Crippen LogP contribution in [0.5, 0.6) is 0 Å². The fourth-order valence-corrected chi connectivity index (χ4v) is 2.96. The zero-order chi connectivity index (χ0) is 20.1. The number of nitrogens with one attached hydrogen (secondary N) is 2. The van der Waals surface area contributed by atoms with Crippen molar-refractivity contribution < 1.29 is 4.79 Å². The maximum Gasteiger partial charge on any atom is 0.291 e. The van der Waals surface area contributed by atoms with Crippen LogP contribution in [-0.2, 0) is 4.79 Å². The van der Waals surface area contributed by atoms with Crippen molar-refractivity contribution in [3.8, 4) is 0 Å². The van der Waals surface area contributed by atoms with Gasteiger partial charge in [0.05, 0.1) is 5.69 Å². The smallest absolute Gasteiger partial charge is 0.291 e. The highest BCUT2D eigenvalue weighted by Gasteiger charge is 2.14. The average molecular weight is 371 g/mol. The van der Waals surface area contributed by atoms with Crippen LogP contribution in [0, 0.1) is 27.7 Å². The number of amides is 1. The van der Waals surface area contributed by atoms with E-state index in [0.717, 1.165) is 39.3 Å². The molecule has 0 aliphatic carbocycles. The van der Waals surface area contributed by atoms with E-state index in [0.29, 0.717) is 0 Å². The van der Waals surface area contributed by atoms with Crippen molar-refractivity contribution in [2.45, 2.75) is 27.7 Å². The van der Waals surface area contributed by atoms with Gasteiger partial charge in [-0.2, -0.15) is 0 Å². The van der Waals surface area contributed by atoms with Crippen LogP contribution in [0.4, 0.5) is 17.1 Å². The molecule has 0 heterocycles. The summed E-state index contributed by atoms with van der Waals surface area (Å²) in [5.74, 6) is -0.0360. The molecule has 0 unspecified atom stereocenters. The highest BCUT2D eigenvalue weighted by molar-refractivity contribution is 6.46. The van der Waals surface area contributed by atoms with Gasteiger partial charge in [-0.1, -0.05) is 42.0 Å². The molecule has 0 aliphatic heterocycles. The van der Waals surface area contributed by atoms with E-state index in [9.17, 15) is 4.79 Å². The summed E-state index contributed by atoms with van der Waals surface area (Å²) in [6.45, 7) is 8.04. The standard InChI is InChI=1S/C24H25N3O/c1-16-7-5-9-20(14-16)25-23(27-22-12-11-18(3)13-19(22)4)24(28)26-21-10-6-8-17(2)15-21/h5-15H,1-4H3,(H,25,27)(H,26,28). The van der Waals surface area contributed by atoms with Gasteiger partial charge in [-0.15, -0.1) is 0 Å². The third-order valence-electron chi connectivity index (χ3n) is 4.36. The molecule has 3 aromatic rings. The van der Waals surface area contributed by atoms with Crippen LogP contribution < -0.4 is 10.6 Å². The topological polar surface area (TPSA) is 53.5 Å². The van der Waals surface area contributed by atoms with Gasteiger partial charge in [0.1, 0.15) is 0 Å². The first-order chi connectivity index (χ1) is 13.4. The van der Waals surface area contributed by atoms with Gasteiger partial charge in [-0.05, 0) is 74.7 Å². The fraction of sp³-hybridized carbons (Fsp3) is 0.167. The molecule has 3 rings (SSSR count). The van der Waals surface area contributed by atoms with Crippen molar-refractivity contribution in [3.63, 3.8) is 0 Å². The summed E-state index contributed by atoms with van der Waals surface area (Å²) in [5, 5.41) is 6.12. The molecule has 2 N–H and O–H groups in total. The van der Waals surface area contributed by atoms with E-state index in [1.54, 1.807) is 0 Å². The Balaban J connectivity index is 1.95. The number of carbonyl (C=O) groups excluding carboxylic acids is 1. The van der Waals surface area contributed by atoms with Crippen molar-refractivity contribution in [1.29, 1.82) is 0 Å². The lowest BCUT2D eigenvalue weighted by atomic mass is 10.1. The third-order valence-corrected chi connectivity index (χ3v) is 4.36. The molecule has 4 nitrogen and oxygen atoms in total. The maximum atomic E-state index is 13.0. The molecule has 142 valence electrons. The number of carbonyl (C=O) groups is 1. The van der Waals surface area contributed by atoms with Gasteiger partial charge in [0.25, 0.3) is 5.91 Å². The summed E-state index contributed by atoms with van der Waals surface area (Å²) in [6, 6.07) is 21.6. The van der Waals surface area contributed by atoms with Crippen molar-refractivity contribution in [1.82, 2.24) is 0 Å². The summed E-state index contributed by atoms with van der Waals surface area (Å²) >= 11 is 0. The lowest BCUT2D eigenvalue weighted by molar-refractivity contribution is -0.110. The quantitative estimate of drug-likeness (QED) is 0.458. The van der Waals surface area contributed by atoms with Crippen LogP contribution in [-0.4, -0.2) is 11.7 Å². The van der Waals surface area contributed by atoms with Crippen LogP contribution in [0.3, 0.4) is 0 Å². The van der Waals surface area contributed by atoms with Crippen molar-refractivity contribution >= 4 is 28.8 Å². The first-order valence-corrected chi connectivity index (χ1v) is 9.28. The van der Waals surface area contributed by atoms with Crippen LogP contribution in [0.1, 0.15) is 22.3 Å². The summed E-state index contributed by atoms with van der Waals surface area (Å²) in [6.07, 6.45) is 0. The second-order valence-corrected chi connectivity index (χ2v) is 7.07. The van der Waals surface area contributed by atoms with Crippen LogP contribution in [0.15, 0.2) is 71.7 Å². The summed E-state index contributed by atoms with van der Waals surface area (Å²) in [5.41, 5.74) is 6.69. The second kappa shape index (κ2) is 8.53. The van der Waals surface area contributed by atoms with Gasteiger partial charge in [-0.25, -0.2) is 4.99 Å². The van der Waals surface area contributed by atoms with Crippen LogP contribution in [0.2, 0.25) is 0 Å². The van der Waals surface area contributed by atoms with E-state index < -0.39 is 0 Å². The van der Waals surface area contributed by atoms with E-state index in [-0.39, 0.29) is 11.7 Å². The Morgan fingerprint density at radius 2 is 1.29 bits per heavy atom. The molecule has 4 heteroatoms. The number of hydrogen-bond donors (Lipinski definition) is 2. The van der Waals surface area contributed by atoms with Crippen molar-refractivity contribution in [2.24, 2.45) is 4.99 Å². The van der Waals surface area contributed by atoms with E-state index >= 15 is 0 Å². The number of rotatable bonds is 3. The minimum atomic E-state index is -0.285. The van der Waals surface area contributed by atoms with Gasteiger partial charge >= 0.3 is 0 Å². The Morgan fingerprint density at radius 3 is 1.86 bits per heavy atom. The Bertz CT molecular complexity index is 1040. The van der Waals surface area contributed by atoms with E-state index in [1.807, 2.05) is 88.4 Å². The molecule has 0 bridgehead atoms. The van der Waals surface area contributed by atoms with Crippen molar-refractivity contribution in [3.05, 3.63) is 89.0 Å². The molecule has 0 saturated heterocycles. The van der Waals surface area contributed by atoms with E-state index in [4.69, 9.17) is 0 Å². The minimum absolute atomic E-state index is 0.249. The largest absolute Gasteiger partial charge is 0.336 e. The van der Waals surface area contributed by atoms with E-state index in [2.05, 4.69) is 21.7 Å². The number of hydrogen-bond acceptors (Lipinski definition) is 2. The average Bonchev–Trinajstić information content (AvgIpc) is 2.63. The number of benzene rings is 3. The lowest BCUT2D eigenvalue weighted by Gasteiger charge is -2.12. The number of anilines is 2. The first kappa shape index (κ1) is 19.4. The molecule has 0 fully saturated rings. The SMILES string of the molecule is Cc1cccc(NC(=O)C(=Nc2ccc(C)cc2C)Nc2cccc(C)c2)c1. The third kappa shape index (κ3) is 5.07. The Kier molecular flexibility index (Phi) is 5.90. The Morgan fingerprint density at radius 1 is 0.714 bits per heavy atom. The predicted octanol–water partition coefficient (Wildman–Crippen LogP) is 5.70. The Hall–Kier alpha value is -3.40. The number of nitrogens with zero attached hydrogens (tertiary/aromatic N) is 1. The Labute approximate surface area is 166 Å². The monoisotopic (exact) mass is 371 g/mol. The number of aliphatic imine (C=N–C) groups is 1. The minimum Gasteiger partial charge on any atom is -0.336 e. The zero-order valence-corrected chi connectivity index (χ0v) is 16.7. The molecule has 3 aromatic carbocycles. The van der Waals surface area contributed by atoms with Crippen LogP contribution in [0.25, 0.3) is 0 Å². The molecular weight excluding hydrogens is 346 g/mol. The number of aryl methyl sites for hydroxylation is 4. The predicted molar refractivity (Wildman–Crippen MR) is 118 cm³/mol. The normalized spacial score (nSPS) is 11.2. The fourth-order valence-electron chi connectivity index (χ4n) is 2.96. The molecule has 0 aliphatic rings. The second-order valence-electron chi connectivity index (χ2n) is 7.07. The zero-order valence-electron chi connectivity index (χ0n) is 16.7. The maximum absolute atomic E-state index is 13.0. The van der Waals surface area contributed by atoms with Gasteiger partial charge in [0.15, 0.2) is 5.84 Å². The van der Waals surface area contributed by atoms with Gasteiger partial charge in [0, 0.05) is 11.4 Å². The van der Waals surface area contributed by atoms with Gasteiger partial charge in [0.2, 0.25) is 0 Å².